The largest absolute Gasteiger partial charge is 0.470 e. The summed E-state index contributed by atoms with van der Waals surface area (Å²) >= 11 is 0. The Morgan fingerprint density at radius 3 is 1.54 bits per heavy atom. The lowest BCUT2D eigenvalue weighted by atomic mass is 10.0. The lowest BCUT2D eigenvalue weighted by molar-refractivity contribution is -0.176. The summed E-state index contributed by atoms with van der Waals surface area (Å²) < 4.78 is 19.3. The van der Waals surface area contributed by atoms with Crippen LogP contribution in [0.15, 0.2) is 0 Å². The van der Waals surface area contributed by atoms with Gasteiger partial charge in [0.05, 0.1) is 13.2 Å². The molecule has 0 saturated carbocycles. The molecule has 8 atom stereocenters. The van der Waals surface area contributed by atoms with Gasteiger partial charge in [-0.15, -0.1) is 0 Å². The Morgan fingerprint density at radius 1 is 0.750 bits per heavy atom. The van der Waals surface area contributed by atoms with Crippen LogP contribution in [0, 0.1) is 0 Å². The van der Waals surface area contributed by atoms with Gasteiger partial charge in [0.1, 0.15) is 49.3 Å². The van der Waals surface area contributed by atoms with Crippen LogP contribution < -0.4 is 0 Å². The van der Waals surface area contributed by atoms with E-state index in [0.29, 0.717) is 0 Å². The number of carbonyl (C=O) groups is 1. The molecular formula is C12H25O15P. The molecule has 28 heavy (non-hydrogen) atoms. The standard InChI is InChI=1S/C12H25O15P/c13-1-4(15)7(18)9(20)6(17)3-26-12(22)11(27-28(23,24)25)10(21)8(19)5(16)2-14/h4-11,13-21H,1-3H2,(H2,23,24,25)/t4-,5+,6+,7+,8+,9+,10-,11+/m0/s1. The highest BCUT2D eigenvalue weighted by Gasteiger charge is 2.42. The summed E-state index contributed by atoms with van der Waals surface area (Å²) in [7, 11) is -5.44. The Morgan fingerprint density at radius 2 is 1.14 bits per heavy atom. The Balaban J connectivity index is 5.13. The molecular weight excluding hydrogens is 415 g/mol. The number of esters is 1. The van der Waals surface area contributed by atoms with E-state index in [0.717, 1.165) is 0 Å². The van der Waals surface area contributed by atoms with Crippen molar-refractivity contribution < 1.29 is 74.4 Å². The molecule has 0 aliphatic carbocycles. The average Bonchev–Trinajstić information content (AvgIpc) is 2.65. The van der Waals surface area contributed by atoms with Gasteiger partial charge < -0.3 is 60.5 Å². The van der Waals surface area contributed by atoms with Crippen molar-refractivity contribution >= 4 is 13.8 Å². The van der Waals surface area contributed by atoms with Crippen molar-refractivity contribution in [2.24, 2.45) is 0 Å². The van der Waals surface area contributed by atoms with Crippen molar-refractivity contribution in [3.8, 4) is 0 Å². The number of phosphoric acid groups is 1. The van der Waals surface area contributed by atoms with Gasteiger partial charge in [0.25, 0.3) is 0 Å². The van der Waals surface area contributed by atoms with Gasteiger partial charge in [0.2, 0.25) is 0 Å². The topological polar surface area (TPSA) is 275 Å². The van der Waals surface area contributed by atoms with Crippen LogP contribution in [-0.4, -0.2) is 130 Å². The van der Waals surface area contributed by atoms with E-state index in [4.69, 9.17) is 25.1 Å². The summed E-state index contributed by atoms with van der Waals surface area (Å²) in [5.41, 5.74) is 0. The van der Waals surface area contributed by atoms with E-state index < -0.39 is 82.4 Å². The Bertz CT molecular complexity index is 511. The van der Waals surface area contributed by atoms with Crippen LogP contribution in [0.4, 0.5) is 0 Å². The first-order valence-electron chi connectivity index (χ1n) is 7.65. The molecule has 0 amide bonds. The molecule has 11 N–H and O–H groups in total. The van der Waals surface area contributed by atoms with E-state index in [9.17, 15) is 40.0 Å². The Hall–Kier alpha value is -0.780. The van der Waals surface area contributed by atoms with Crippen molar-refractivity contribution in [3.05, 3.63) is 0 Å². The first-order chi connectivity index (χ1) is 12.8. The first-order valence-corrected chi connectivity index (χ1v) is 9.18. The van der Waals surface area contributed by atoms with Gasteiger partial charge in [-0.3, -0.25) is 4.52 Å². The molecule has 0 saturated heterocycles. The van der Waals surface area contributed by atoms with Crippen LogP contribution in [0.1, 0.15) is 0 Å². The molecule has 0 bridgehead atoms. The number of ether oxygens (including phenoxy) is 1. The number of carbonyl (C=O) groups excluding carboxylic acids is 1. The van der Waals surface area contributed by atoms with E-state index in [2.05, 4.69) is 9.26 Å². The molecule has 0 aromatic rings. The highest BCUT2D eigenvalue weighted by molar-refractivity contribution is 7.46. The number of hydrogen-bond donors (Lipinski definition) is 11. The van der Waals surface area contributed by atoms with Crippen LogP contribution in [0.25, 0.3) is 0 Å². The van der Waals surface area contributed by atoms with E-state index in [1.807, 2.05) is 0 Å². The molecule has 0 unspecified atom stereocenters. The van der Waals surface area contributed by atoms with Crippen molar-refractivity contribution in [2.75, 3.05) is 19.8 Å². The van der Waals surface area contributed by atoms with Crippen LogP contribution in [0.3, 0.4) is 0 Å². The number of rotatable bonds is 13. The average molecular weight is 440 g/mol. The van der Waals surface area contributed by atoms with Gasteiger partial charge in [0.15, 0.2) is 6.10 Å². The van der Waals surface area contributed by atoms with Crippen molar-refractivity contribution in [1.82, 2.24) is 0 Å². The summed E-state index contributed by atoms with van der Waals surface area (Å²) in [6.07, 6.45) is -17.5. The lowest BCUT2D eigenvalue weighted by Gasteiger charge is -2.28. The summed E-state index contributed by atoms with van der Waals surface area (Å²) in [5.74, 6) is -1.76. The fourth-order valence-corrected chi connectivity index (χ4v) is 2.33. The zero-order valence-corrected chi connectivity index (χ0v) is 15.1. The monoisotopic (exact) mass is 440 g/mol. The van der Waals surface area contributed by atoms with E-state index >= 15 is 0 Å². The summed E-state index contributed by atoms with van der Waals surface area (Å²) in [6, 6.07) is 0. The molecule has 0 fully saturated rings. The number of hydrogen-bond acceptors (Lipinski definition) is 13. The minimum atomic E-state index is -5.44. The Kier molecular flexibility index (Phi) is 11.7. The molecule has 0 aromatic carbocycles. The predicted octanol–water partition coefficient (Wildman–Crippen LogP) is -6.48. The Labute approximate surface area is 157 Å². The van der Waals surface area contributed by atoms with Gasteiger partial charge in [-0.25, -0.2) is 9.36 Å². The second-order valence-electron chi connectivity index (χ2n) is 5.68. The summed E-state index contributed by atoms with van der Waals surface area (Å²) in [4.78, 5) is 29.5. The van der Waals surface area contributed by atoms with Crippen LogP contribution in [0.5, 0.6) is 0 Å². The fourth-order valence-electron chi connectivity index (χ4n) is 1.82. The van der Waals surface area contributed by atoms with Gasteiger partial charge in [0, 0.05) is 0 Å². The zero-order valence-electron chi connectivity index (χ0n) is 14.2. The number of aliphatic hydroxyl groups excluding tert-OH is 9. The first kappa shape index (κ1) is 27.2. The molecule has 0 aliphatic rings. The van der Waals surface area contributed by atoms with Crippen LogP contribution in [0.2, 0.25) is 0 Å². The van der Waals surface area contributed by atoms with Gasteiger partial charge >= 0.3 is 13.8 Å². The maximum atomic E-state index is 11.9. The molecule has 0 spiro atoms. The van der Waals surface area contributed by atoms with Crippen molar-refractivity contribution in [3.63, 3.8) is 0 Å². The molecule has 168 valence electrons. The van der Waals surface area contributed by atoms with Gasteiger partial charge in [-0.1, -0.05) is 0 Å². The molecule has 0 rings (SSSR count). The third kappa shape index (κ3) is 8.71. The molecule has 0 aromatic heterocycles. The van der Waals surface area contributed by atoms with E-state index in [-0.39, 0.29) is 0 Å². The second-order valence-corrected chi connectivity index (χ2v) is 6.87. The van der Waals surface area contributed by atoms with Crippen LogP contribution in [-0.2, 0) is 18.6 Å². The molecule has 16 heteroatoms. The summed E-state index contributed by atoms with van der Waals surface area (Å²) in [5, 5.41) is 83.7. The highest BCUT2D eigenvalue weighted by Crippen LogP contribution is 2.39. The SMILES string of the molecule is O=C(OC[C@@H](O)[C@@H](O)[C@H](O)[C@@H](O)CO)[C@H](OP(=O)(O)O)[C@@H](O)[C@H](O)[C@H](O)CO. The van der Waals surface area contributed by atoms with Crippen molar-refractivity contribution in [2.45, 2.75) is 48.8 Å². The maximum absolute atomic E-state index is 11.9. The van der Waals surface area contributed by atoms with E-state index in [1.165, 1.54) is 0 Å². The van der Waals surface area contributed by atoms with Crippen molar-refractivity contribution in [1.29, 1.82) is 0 Å². The minimum Gasteiger partial charge on any atom is -0.461 e. The quantitative estimate of drug-likeness (QED) is 0.0938. The fraction of sp³-hybridized carbons (Fsp3) is 0.917. The van der Waals surface area contributed by atoms with Gasteiger partial charge in [-0.2, -0.15) is 0 Å². The molecule has 0 heterocycles. The smallest absolute Gasteiger partial charge is 0.461 e. The number of phosphoric ester groups is 1. The molecule has 0 radical (unpaired) electrons. The van der Waals surface area contributed by atoms with E-state index in [1.54, 1.807) is 0 Å². The van der Waals surface area contributed by atoms with Gasteiger partial charge in [-0.05, 0) is 0 Å². The van der Waals surface area contributed by atoms with Crippen LogP contribution >= 0.6 is 7.82 Å². The molecule has 15 nitrogen and oxygen atoms in total. The second kappa shape index (κ2) is 12.0. The third-order valence-corrected chi connectivity index (χ3v) is 3.95. The summed E-state index contributed by atoms with van der Waals surface area (Å²) in [6.45, 7) is -3.20. The number of aliphatic hydroxyl groups is 9. The normalized spacial score (nSPS) is 21.1. The lowest BCUT2D eigenvalue weighted by Crippen LogP contribution is -2.51. The molecule has 0 aliphatic heterocycles. The minimum absolute atomic E-state index is 0.972. The highest BCUT2D eigenvalue weighted by atomic mass is 31.2. The zero-order chi connectivity index (χ0) is 22.2. The maximum Gasteiger partial charge on any atom is 0.470 e. The third-order valence-electron chi connectivity index (χ3n) is 3.45. The predicted molar refractivity (Wildman–Crippen MR) is 84.1 cm³/mol.